The van der Waals surface area contributed by atoms with Crippen LogP contribution in [0.3, 0.4) is 0 Å². The Bertz CT molecular complexity index is 1620. The van der Waals surface area contributed by atoms with Gasteiger partial charge >= 0.3 is 0 Å². The van der Waals surface area contributed by atoms with Crippen molar-refractivity contribution < 1.29 is 0 Å². The Morgan fingerprint density at radius 3 is 1.07 bits per heavy atom. The van der Waals surface area contributed by atoms with Gasteiger partial charge in [0.05, 0.1) is 0 Å². The molecule has 0 saturated heterocycles. The molecule has 2 heteroatoms. The van der Waals surface area contributed by atoms with Crippen LogP contribution in [0.25, 0.3) is 44.5 Å². The average Bonchev–Trinajstić information content (AvgIpc) is 3.03. The van der Waals surface area contributed by atoms with Crippen LogP contribution >= 0.6 is 0 Å². The molecule has 10 rings (SSSR count). The van der Waals surface area contributed by atoms with Gasteiger partial charge in [0.15, 0.2) is 0 Å². The van der Waals surface area contributed by atoms with Crippen LogP contribution in [0.4, 0.5) is 0 Å². The van der Waals surface area contributed by atoms with Gasteiger partial charge in [-0.15, -0.1) is 0 Å². The van der Waals surface area contributed by atoms with E-state index in [0.29, 0.717) is 0 Å². The Morgan fingerprint density at radius 1 is 0.325 bits per heavy atom. The highest BCUT2D eigenvalue weighted by atomic mass is 14.6. The van der Waals surface area contributed by atoms with E-state index in [1.165, 1.54) is 66.8 Å². The standard InChI is InChI=1S/C38H30N2/c1-2-28-4-6-34(38(26-28)36-13-9-30(10-14-36)32-19-23-40-24-20-32)16-15-33-5-3-27(1)25-37(33)35-11-7-29(8-12-35)31-17-21-39-22-18-31/h3-14,17-26H,1-2,15-16H2. The zero-order chi connectivity index (χ0) is 26.7. The summed E-state index contributed by atoms with van der Waals surface area (Å²) in [6, 6.07) is 40.5. The molecule has 6 aromatic rings. The second-order valence-corrected chi connectivity index (χ2v) is 10.6. The third-order valence-corrected chi connectivity index (χ3v) is 8.13. The third kappa shape index (κ3) is 4.97. The summed E-state index contributed by atoms with van der Waals surface area (Å²) in [4.78, 5) is 8.32. The maximum Gasteiger partial charge on any atom is 0.0273 e. The van der Waals surface area contributed by atoms with Crippen molar-refractivity contribution in [3.63, 3.8) is 0 Å². The van der Waals surface area contributed by atoms with E-state index >= 15 is 0 Å². The van der Waals surface area contributed by atoms with Crippen LogP contribution in [0.15, 0.2) is 134 Å². The first-order valence-electron chi connectivity index (χ1n) is 14.1. The summed E-state index contributed by atoms with van der Waals surface area (Å²) in [7, 11) is 0. The van der Waals surface area contributed by atoms with E-state index in [-0.39, 0.29) is 0 Å². The molecule has 4 bridgehead atoms. The van der Waals surface area contributed by atoms with Gasteiger partial charge in [-0.3, -0.25) is 9.97 Å². The maximum atomic E-state index is 4.16. The van der Waals surface area contributed by atoms with Gasteiger partial charge in [0.2, 0.25) is 0 Å². The van der Waals surface area contributed by atoms with Crippen LogP contribution in [-0.2, 0) is 25.7 Å². The fourth-order valence-electron chi connectivity index (χ4n) is 5.86. The Morgan fingerprint density at radius 2 is 0.675 bits per heavy atom. The molecule has 0 unspecified atom stereocenters. The van der Waals surface area contributed by atoms with Gasteiger partial charge in [-0.2, -0.15) is 0 Å². The van der Waals surface area contributed by atoms with E-state index in [2.05, 4.69) is 119 Å². The van der Waals surface area contributed by atoms with Gasteiger partial charge in [0, 0.05) is 24.8 Å². The summed E-state index contributed by atoms with van der Waals surface area (Å²) in [6.45, 7) is 0. The molecule has 0 saturated carbocycles. The smallest absolute Gasteiger partial charge is 0.0273 e. The fourth-order valence-corrected chi connectivity index (χ4v) is 5.86. The maximum absolute atomic E-state index is 4.16. The third-order valence-electron chi connectivity index (χ3n) is 8.13. The number of pyridine rings is 2. The average molecular weight is 515 g/mol. The van der Waals surface area contributed by atoms with Gasteiger partial charge in [-0.05, 0) is 117 Å². The zero-order valence-corrected chi connectivity index (χ0v) is 22.4. The summed E-state index contributed by atoms with van der Waals surface area (Å²) in [5.41, 5.74) is 15.7. The van der Waals surface area contributed by atoms with Crippen molar-refractivity contribution in [1.29, 1.82) is 0 Å². The number of hydrogen-bond donors (Lipinski definition) is 0. The molecule has 192 valence electrons. The zero-order valence-electron chi connectivity index (χ0n) is 22.4. The van der Waals surface area contributed by atoms with Gasteiger partial charge < -0.3 is 0 Å². The van der Waals surface area contributed by atoms with Crippen molar-refractivity contribution in [2.45, 2.75) is 25.7 Å². The molecule has 2 heterocycles. The number of benzene rings is 4. The highest BCUT2D eigenvalue weighted by molar-refractivity contribution is 5.75. The van der Waals surface area contributed by atoms with Crippen LogP contribution in [0, 0.1) is 0 Å². The predicted octanol–water partition coefficient (Wildman–Crippen LogP) is 9.03. The van der Waals surface area contributed by atoms with E-state index in [9.17, 15) is 0 Å². The predicted molar refractivity (Wildman–Crippen MR) is 165 cm³/mol. The summed E-state index contributed by atoms with van der Waals surface area (Å²) < 4.78 is 0. The van der Waals surface area contributed by atoms with E-state index in [0.717, 1.165) is 25.7 Å². The van der Waals surface area contributed by atoms with Crippen LogP contribution in [-0.4, -0.2) is 9.97 Å². The minimum absolute atomic E-state index is 1.00. The molecular weight excluding hydrogens is 484 g/mol. The molecule has 4 aromatic carbocycles. The van der Waals surface area contributed by atoms with Crippen molar-refractivity contribution in [1.82, 2.24) is 9.97 Å². The molecule has 0 aliphatic heterocycles. The van der Waals surface area contributed by atoms with Gasteiger partial charge in [-0.25, -0.2) is 0 Å². The number of rotatable bonds is 4. The molecular formula is C38H30N2. The molecule has 2 nitrogen and oxygen atoms in total. The number of nitrogens with zero attached hydrogens (tertiary/aromatic N) is 2. The molecule has 0 atom stereocenters. The Kier molecular flexibility index (Phi) is 6.51. The highest BCUT2D eigenvalue weighted by Crippen LogP contribution is 2.33. The van der Waals surface area contributed by atoms with Crippen LogP contribution in [0.1, 0.15) is 22.3 Å². The molecule has 0 fully saturated rings. The van der Waals surface area contributed by atoms with E-state index in [4.69, 9.17) is 0 Å². The van der Waals surface area contributed by atoms with Crippen molar-refractivity contribution >= 4 is 0 Å². The summed E-state index contributed by atoms with van der Waals surface area (Å²) >= 11 is 0. The number of aromatic nitrogens is 2. The minimum Gasteiger partial charge on any atom is -0.265 e. The lowest BCUT2D eigenvalue weighted by Crippen LogP contribution is -2.02. The van der Waals surface area contributed by atoms with E-state index in [1.54, 1.807) is 0 Å². The topological polar surface area (TPSA) is 25.8 Å². The second kappa shape index (κ2) is 10.7. The second-order valence-electron chi connectivity index (χ2n) is 10.6. The number of hydrogen-bond acceptors (Lipinski definition) is 2. The van der Waals surface area contributed by atoms with Crippen molar-refractivity contribution in [3.05, 3.63) is 156 Å². The summed E-state index contributed by atoms with van der Waals surface area (Å²) in [6.07, 6.45) is 11.5. The molecule has 0 radical (unpaired) electrons. The minimum atomic E-state index is 1.00. The molecule has 40 heavy (non-hydrogen) atoms. The van der Waals surface area contributed by atoms with Crippen molar-refractivity contribution in [2.75, 3.05) is 0 Å². The van der Waals surface area contributed by atoms with Crippen LogP contribution in [0.5, 0.6) is 0 Å². The Balaban J connectivity index is 1.21. The Labute approximate surface area is 236 Å². The van der Waals surface area contributed by atoms with Gasteiger partial charge in [-0.1, -0.05) is 84.9 Å². The first kappa shape index (κ1) is 24.2. The highest BCUT2D eigenvalue weighted by Gasteiger charge is 2.13. The molecule has 4 aliphatic carbocycles. The quantitative estimate of drug-likeness (QED) is 0.234. The molecule has 0 N–H and O–H groups in total. The number of aryl methyl sites for hydroxylation is 4. The molecule has 0 spiro atoms. The van der Waals surface area contributed by atoms with Crippen LogP contribution in [0.2, 0.25) is 0 Å². The summed E-state index contributed by atoms with van der Waals surface area (Å²) in [5.74, 6) is 0. The molecule has 0 amide bonds. The normalized spacial score (nSPS) is 12.6. The lowest BCUT2D eigenvalue weighted by atomic mass is 9.87. The fraction of sp³-hybridized carbons (Fsp3) is 0.105. The lowest BCUT2D eigenvalue weighted by Gasteiger charge is -2.18. The van der Waals surface area contributed by atoms with Crippen LogP contribution < -0.4 is 0 Å². The summed E-state index contributed by atoms with van der Waals surface area (Å²) in [5, 5.41) is 0. The SMILES string of the molecule is c1cc(-c2ccc(-c3cc4ccc3CCc3ccc(cc3-c3ccc(-c5ccncc5)cc3)CC4)cc2)ccn1. The van der Waals surface area contributed by atoms with E-state index in [1.807, 2.05) is 24.8 Å². The molecule has 4 aliphatic rings. The Hall–Kier alpha value is -4.82. The first-order chi connectivity index (χ1) is 19.8. The van der Waals surface area contributed by atoms with Gasteiger partial charge in [0.1, 0.15) is 0 Å². The van der Waals surface area contributed by atoms with Crippen molar-refractivity contribution in [3.8, 4) is 44.5 Å². The molecule has 2 aromatic heterocycles. The largest absolute Gasteiger partial charge is 0.265 e. The lowest BCUT2D eigenvalue weighted by molar-refractivity contribution is 0.925. The van der Waals surface area contributed by atoms with E-state index < -0.39 is 0 Å². The first-order valence-corrected chi connectivity index (χ1v) is 14.1. The van der Waals surface area contributed by atoms with Gasteiger partial charge in [0.25, 0.3) is 0 Å². The monoisotopic (exact) mass is 514 g/mol. The van der Waals surface area contributed by atoms with Crippen molar-refractivity contribution in [2.24, 2.45) is 0 Å².